The SMILES string of the molecule is Cc1nn(CCCCC(C)(C)C(=N)N)c(C)c1Cl. The number of amidine groups is 1. The molecule has 0 aliphatic heterocycles. The van der Waals surface area contributed by atoms with Crippen LogP contribution in [-0.4, -0.2) is 15.6 Å². The minimum atomic E-state index is -0.202. The zero-order chi connectivity index (χ0) is 13.9. The summed E-state index contributed by atoms with van der Waals surface area (Å²) in [6.07, 6.45) is 2.98. The molecule has 0 aromatic carbocycles. The molecule has 3 N–H and O–H groups in total. The highest BCUT2D eigenvalue weighted by molar-refractivity contribution is 6.31. The maximum atomic E-state index is 7.51. The van der Waals surface area contributed by atoms with Crippen LogP contribution in [0.15, 0.2) is 0 Å². The highest BCUT2D eigenvalue weighted by Gasteiger charge is 2.20. The molecule has 0 aliphatic rings. The molecule has 1 rings (SSSR count). The fraction of sp³-hybridized carbons (Fsp3) is 0.692. The highest BCUT2D eigenvalue weighted by atomic mass is 35.5. The fourth-order valence-corrected chi connectivity index (χ4v) is 1.99. The molecule has 0 spiro atoms. The Labute approximate surface area is 114 Å². The molecule has 0 atom stereocenters. The maximum absolute atomic E-state index is 7.51. The molecular formula is C13H23ClN4. The van der Waals surface area contributed by atoms with Crippen molar-refractivity contribution in [1.29, 1.82) is 5.41 Å². The standard InChI is InChI=1S/C13H23ClN4/c1-9-11(14)10(2)18(17-9)8-6-5-7-13(3,4)12(15)16/h5-8H2,1-4H3,(H3,15,16). The third-order valence-corrected chi connectivity index (χ3v) is 3.99. The zero-order valence-corrected chi connectivity index (χ0v) is 12.4. The summed E-state index contributed by atoms with van der Waals surface area (Å²) in [4.78, 5) is 0. The van der Waals surface area contributed by atoms with Crippen molar-refractivity contribution in [1.82, 2.24) is 9.78 Å². The van der Waals surface area contributed by atoms with Gasteiger partial charge in [-0.05, 0) is 26.7 Å². The van der Waals surface area contributed by atoms with E-state index in [0.29, 0.717) is 0 Å². The number of aromatic nitrogens is 2. The van der Waals surface area contributed by atoms with E-state index < -0.39 is 0 Å². The van der Waals surface area contributed by atoms with Crippen LogP contribution in [0.2, 0.25) is 5.02 Å². The van der Waals surface area contributed by atoms with Gasteiger partial charge < -0.3 is 5.73 Å². The number of hydrogen-bond acceptors (Lipinski definition) is 2. The number of unbranched alkanes of at least 4 members (excludes halogenated alkanes) is 1. The molecule has 0 saturated heterocycles. The lowest BCUT2D eigenvalue weighted by Crippen LogP contribution is -2.30. The normalized spacial score (nSPS) is 11.8. The summed E-state index contributed by atoms with van der Waals surface area (Å²) in [5, 5.41) is 12.7. The number of nitrogens with zero attached hydrogens (tertiary/aromatic N) is 2. The van der Waals surface area contributed by atoms with Gasteiger partial charge in [-0.3, -0.25) is 10.1 Å². The fourth-order valence-electron chi connectivity index (χ4n) is 1.86. The lowest BCUT2D eigenvalue weighted by atomic mass is 9.86. The molecule has 0 unspecified atom stereocenters. The van der Waals surface area contributed by atoms with Gasteiger partial charge in [-0.15, -0.1) is 0 Å². The second-order valence-electron chi connectivity index (χ2n) is 5.46. The van der Waals surface area contributed by atoms with E-state index in [1.807, 2.05) is 32.4 Å². The van der Waals surface area contributed by atoms with Crippen LogP contribution in [0.3, 0.4) is 0 Å². The Kier molecular flexibility index (Phi) is 4.79. The van der Waals surface area contributed by atoms with Crippen molar-refractivity contribution in [3.05, 3.63) is 16.4 Å². The number of nitrogens with one attached hydrogen (secondary N) is 1. The number of aryl methyl sites for hydroxylation is 2. The predicted octanol–water partition coefficient (Wildman–Crippen LogP) is 3.29. The molecule has 1 aromatic heterocycles. The van der Waals surface area contributed by atoms with E-state index >= 15 is 0 Å². The van der Waals surface area contributed by atoms with Gasteiger partial charge in [-0.25, -0.2) is 0 Å². The topological polar surface area (TPSA) is 67.7 Å². The van der Waals surface area contributed by atoms with Gasteiger partial charge in [0.1, 0.15) is 0 Å². The van der Waals surface area contributed by atoms with E-state index in [-0.39, 0.29) is 11.3 Å². The minimum absolute atomic E-state index is 0.202. The van der Waals surface area contributed by atoms with Gasteiger partial charge in [0, 0.05) is 12.0 Å². The quantitative estimate of drug-likeness (QED) is 0.473. The third-order valence-electron chi connectivity index (χ3n) is 3.44. The summed E-state index contributed by atoms with van der Waals surface area (Å²) in [6.45, 7) is 8.80. The Bertz CT molecular complexity index is 434. The summed E-state index contributed by atoms with van der Waals surface area (Å²) >= 11 is 6.10. The Morgan fingerprint density at radius 3 is 2.44 bits per heavy atom. The van der Waals surface area contributed by atoms with Crippen LogP contribution in [0, 0.1) is 24.7 Å². The van der Waals surface area contributed by atoms with Gasteiger partial charge in [0.2, 0.25) is 0 Å². The molecule has 0 amide bonds. The Hall–Kier alpha value is -1.03. The van der Waals surface area contributed by atoms with Crippen LogP contribution in [-0.2, 0) is 6.54 Å². The first-order valence-corrected chi connectivity index (χ1v) is 6.67. The van der Waals surface area contributed by atoms with Crippen LogP contribution in [0.25, 0.3) is 0 Å². The van der Waals surface area contributed by atoms with Gasteiger partial charge >= 0.3 is 0 Å². The lowest BCUT2D eigenvalue weighted by molar-refractivity contribution is 0.422. The van der Waals surface area contributed by atoms with Crippen LogP contribution < -0.4 is 5.73 Å². The van der Waals surface area contributed by atoms with E-state index in [1.54, 1.807) is 0 Å². The molecule has 0 bridgehead atoms. The molecule has 18 heavy (non-hydrogen) atoms. The summed E-state index contributed by atoms with van der Waals surface area (Å²) in [6, 6.07) is 0. The van der Waals surface area contributed by atoms with Crippen molar-refractivity contribution in [3.63, 3.8) is 0 Å². The number of halogens is 1. The van der Waals surface area contributed by atoms with E-state index in [1.165, 1.54) is 0 Å². The smallest absolute Gasteiger partial charge is 0.0963 e. The molecule has 0 fully saturated rings. The molecule has 1 heterocycles. The predicted molar refractivity (Wildman–Crippen MR) is 76.3 cm³/mol. The molecular weight excluding hydrogens is 248 g/mol. The second kappa shape index (κ2) is 5.74. The van der Waals surface area contributed by atoms with Crippen LogP contribution in [0.1, 0.15) is 44.5 Å². The maximum Gasteiger partial charge on any atom is 0.0963 e. The minimum Gasteiger partial charge on any atom is -0.387 e. The summed E-state index contributed by atoms with van der Waals surface area (Å²) in [5.74, 6) is 0.261. The molecule has 5 heteroatoms. The van der Waals surface area contributed by atoms with Crippen LogP contribution in [0.4, 0.5) is 0 Å². The largest absolute Gasteiger partial charge is 0.387 e. The highest BCUT2D eigenvalue weighted by Crippen LogP contribution is 2.24. The molecule has 102 valence electrons. The lowest BCUT2D eigenvalue weighted by Gasteiger charge is -2.22. The van der Waals surface area contributed by atoms with Crippen molar-refractivity contribution in [2.45, 2.75) is 53.5 Å². The van der Waals surface area contributed by atoms with Crippen molar-refractivity contribution >= 4 is 17.4 Å². The molecule has 1 aromatic rings. The van der Waals surface area contributed by atoms with Gasteiger partial charge in [-0.2, -0.15) is 5.10 Å². The van der Waals surface area contributed by atoms with Crippen molar-refractivity contribution < 1.29 is 0 Å². The van der Waals surface area contributed by atoms with Crippen LogP contribution >= 0.6 is 11.6 Å². The average molecular weight is 271 g/mol. The first kappa shape index (κ1) is 15.0. The first-order valence-electron chi connectivity index (χ1n) is 6.29. The van der Waals surface area contributed by atoms with Gasteiger partial charge in [0.15, 0.2) is 0 Å². The first-order chi connectivity index (χ1) is 8.25. The Morgan fingerprint density at radius 2 is 2.00 bits per heavy atom. The van der Waals surface area contributed by atoms with E-state index in [2.05, 4.69) is 5.10 Å². The van der Waals surface area contributed by atoms with Gasteiger partial charge in [0.25, 0.3) is 0 Å². The zero-order valence-electron chi connectivity index (χ0n) is 11.7. The molecule has 0 saturated carbocycles. The summed E-state index contributed by atoms with van der Waals surface area (Å²) < 4.78 is 1.96. The average Bonchev–Trinajstić information content (AvgIpc) is 2.52. The van der Waals surface area contributed by atoms with Gasteiger partial charge in [0.05, 0.1) is 22.2 Å². The molecule has 4 nitrogen and oxygen atoms in total. The van der Waals surface area contributed by atoms with Crippen molar-refractivity contribution in [2.75, 3.05) is 0 Å². The number of rotatable bonds is 6. The summed E-state index contributed by atoms with van der Waals surface area (Å²) in [5.41, 5.74) is 7.27. The number of nitrogens with two attached hydrogens (primary N) is 1. The number of hydrogen-bond donors (Lipinski definition) is 2. The Balaban J connectivity index is 2.43. The van der Waals surface area contributed by atoms with E-state index in [0.717, 1.165) is 42.2 Å². The molecule has 0 radical (unpaired) electrons. The Morgan fingerprint density at radius 1 is 1.39 bits per heavy atom. The van der Waals surface area contributed by atoms with Gasteiger partial charge in [-0.1, -0.05) is 31.9 Å². The van der Waals surface area contributed by atoms with E-state index in [4.69, 9.17) is 22.7 Å². The molecule has 0 aliphatic carbocycles. The van der Waals surface area contributed by atoms with E-state index in [9.17, 15) is 0 Å². The monoisotopic (exact) mass is 270 g/mol. The summed E-state index contributed by atoms with van der Waals surface area (Å²) in [7, 11) is 0. The second-order valence-corrected chi connectivity index (χ2v) is 5.84. The third kappa shape index (κ3) is 3.48. The van der Waals surface area contributed by atoms with Crippen molar-refractivity contribution in [2.24, 2.45) is 11.1 Å². The van der Waals surface area contributed by atoms with Crippen molar-refractivity contribution in [3.8, 4) is 0 Å². The van der Waals surface area contributed by atoms with Crippen LogP contribution in [0.5, 0.6) is 0 Å².